The van der Waals surface area contributed by atoms with Gasteiger partial charge in [-0.15, -0.1) is 11.3 Å². The molecule has 3 heterocycles. The molecule has 0 unspecified atom stereocenters. The minimum atomic E-state index is 0.875. The molecule has 0 saturated heterocycles. The Labute approximate surface area is 326 Å². The summed E-state index contributed by atoms with van der Waals surface area (Å²) in [6.07, 6.45) is 0. The van der Waals surface area contributed by atoms with Gasteiger partial charge in [0.1, 0.15) is 0 Å². The average molecular weight is 730 g/mol. The number of hydrogen-bond acceptors (Lipinski definition) is 3. The molecule has 3 nitrogen and oxygen atoms in total. The molecule has 0 amide bonds. The summed E-state index contributed by atoms with van der Waals surface area (Å²) in [6, 6.07) is 67.7. The van der Waals surface area contributed by atoms with E-state index in [4.69, 9.17) is 9.97 Å². The van der Waals surface area contributed by atoms with E-state index in [0.29, 0.717) is 0 Å². The highest BCUT2D eigenvalue weighted by molar-refractivity contribution is 7.27. The maximum absolute atomic E-state index is 5.38. The van der Waals surface area contributed by atoms with E-state index in [9.17, 15) is 0 Å². The summed E-state index contributed by atoms with van der Waals surface area (Å²) in [4.78, 5) is 10.6. The third-order valence-electron chi connectivity index (χ3n) is 11.4. The number of nitrogens with zero attached hydrogens (tertiary/aromatic N) is 3. The zero-order valence-corrected chi connectivity index (χ0v) is 31.0. The lowest BCUT2D eigenvalue weighted by atomic mass is 10.00. The Bertz CT molecular complexity index is 3520. The van der Waals surface area contributed by atoms with Crippen molar-refractivity contribution in [3.63, 3.8) is 0 Å². The van der Waals surface area contributed by atoms with E-state index in [2.05, 4.69) is 187 Å². The van der Waals surface area contributed by atoms with E-state index in [-0.39, 0.29) is 0 Å². The first kappa shape index (κ1) is 31.2. The molecule has 0 aliphatic heterocycles. The maximum Gasteiger partial charge on any atom is 0.0973 e. The molecule has 0 fully saturated rings. The first-order chi connectivity index (χ1) is 27.8. The molecule has 12 aromatic rings. The van der Waals surface area contributed by atoms with Gasteiger partial charge in [-0.3, -0.25) is 0 Å². The first-order valence-corrected chi connectivity index (χ1v) is 19.8. The van der Waals surface area contributed by atoms with Crippen molar-refractivity contribution in [3.05, 3.63) is 188 Å². The van der Waals surface area contributed by atoms with Crippen LogP contribution in [0.3, 0.4) is 0 Å². The minimum absolute atomic E-state index is 0.875. The van der Waals surface area contributed by atoms with Crippen molar-refractivity contribution < 1.29 is 0 Å². The van der Waals surface area contributed by atoms with Gasteiger partial charge < -0.3 is 4.57 Å². The van der Waals surface area contributed by atoms with Crippen molar-refractivity contribution in [2.75, 3.05) is 0 Å². The van der Waals surface area contributed by atoms with Crippen LogP contribution in [-0.2, 0) is 0 Å². The molecule has 0 radical (unpaired) electrons. The summed E-state index contributed by atoms with van der Waals surface area (Å²) in [6.45, 7) is 0. The Morgan fingerprint density at radius 2 is 0.982 bits per heavy atom. The van der Waals surface area contributed by atoms with Crippen LogP contribution in [0.2, 0.25) is 0 Å². The van der Waals surface area contributed by atoms with Crippen molar-refractivity contribution in [2.24, 2.45) is 0 Å². The Morgan fingerprint density at radius 1 is 0.375 bits per heavy atom. The van der Waals surface area contributed by atoms with Gasteiger partial charge in [0.25, 0.3) is 0 Å². The summed E-state index contributed by atoms with van der Waals surface area (Å²) in [5.74, 6) is 0. The summed E-state index contributed by atoms with van der Waals surface area (Å²) >= 11 is 1.91. The summed E-state index contributed by atoms with van der Waals surface area (Å²) in [5, 5.41) is 9.97. The number of para-hydroxylation sites is 1. The van der Waals surface area contributed by atoms with Crippen molar-refractivity contribution >= 4 is 85.9 Å². The maximum atomic E-state index is 5.38. The molecule has 56 heavy (non-hydrogen) atoms. The fraction of sp³-hybridized carbons (Fsp3) is 0. The van der Waals surface area contributed by atoms with E-state index in [0.717, 1.165) is 50.0 Å². The molecule has 0 bridgehead atoms. The molecule has 3 aromatic heterocycles. The van der Waals surface area contributed by atoms with Crippen molar-refractivity contribution in [2.45, 2.75) is 0 Å². The highest BCUT2D eigenvalue weighted by Crippen LogP contribution is 2.44. The monoisotopic (exact) mass is 729 g/mol. The number of rotatable bonds is 4. The average Bonchev–Trinajstić information content (AvgIpc) is 3.82. The number of aromatic nitrogens is 3. The van der Waals surface area contributed by atoms with Crippen LogP contribution in [0.5, 0.6) is 0 Å². The summed E-state index contributed by atoms with van der Waals surface area (Å²) < 4.78 is 5.08. The van der Waals surface area contributed by atoms with E-state index >= 15 is 0 Å². The van der Waals surface area contributed by atoms with Crippen LogP contribution >= 0.6 is 11.3 Å². The second kappa shape index (κ2) is 12.2. The molecule has 0 spiro atoms. The van der Waals surface area contributed by atoms with Crippen molar-refractivity contribution in [3.8, 4) is 39.3 Å². The van der Waals surface area contributed by atoms with E-state index in [1.165, 1.54) is 63.9 Å². The van der Waals surface area contributed by atoms with Crippen LogP contribution in [-0.4, -0.2) is 14.5 Å². The summed E-state index contributed by atoms with van der Waals surface area (Å²) in [5.41, 5.74) is 11.6. The van der Waals surface area contributed by atoms with Crippen molar-refractivity contribution in [1.29, 1.82) is 0 Å². The van der Waals surface area contributed by atoms with E-state index < -0.39 is 0 Å². The molecule has 0 N–H and O–H groups in total. The fourth-order valence-corrected chi connectivity index (χ4v) is 10.1. The molecule has 4 heteroatoms. The number of benzene rings is 9. The molecule has 0 saturated carbocycles. The highest BCUT2D eigenvalue weighted by Gasteiger charge is 2.18. The number of hydrogen-bond donors (Lipinski definition) is 0. The van der Waals surface area contributed by atoms with Gasteiger partial charge >= 0.3 is 0 Å². The third kappa shape index (κ3) is 4.70. The van der Waals surface area contributed by atoms with Gasteiger partial charge in [0.2, 0.25) is 0 Å². The van der Waals surface area contributed by atoms with Gasteiger partial charge in [-0.25, -0.2) is 9.97 Å². The third-order valence-corrected chi connectivity index (χ3v) is 12.7. The molecular weight excluding hydrogens is 699 g/mol. The molecular formula is C52H31N3S. The fourth-order valence-electron chi connectivity index (χ4n) is 8.73. The standard InChI is InChI=1S/C52H31N3S/c1-2-13-34(14-3-1)48-49(54-50-38-15-6-4-11-32(38)25-30-45(50)53-48)35-21-26-37(27-22-35)55-46-20-9-8-17-41(46)42-28-24-36(31-47(42)55)40-18-10-19-43-44-29-23-33-12-5-7-16-39(33)51(44)56-52(40)43/h1-31H. The lowest BCUT2D eigenvalue weighted by Crippen LogP contribution is -1.97. The molecule has 0 aliphatic carbocycles. The Kier molecular flexibility index (Phi) is 6.80. The Morgan fingerprint density at radius 3 is 1.84 bits per heavy atom. The van der Waals surface area contributed by atoms with Crippen LogP contribution in [0.1, 0.15) is 0 Å². The Balaban J connectivity index is 1.04. The normalized spacial score (nSPS) is 11.9. The molecule has 260 valence electrons. The second-order valence-corrected chi connectivity index (χ2v) is 15.5. The number of fused-ring (bicyclic) bond motifs is 11. The predicted octanol–water partition coefficient (Wildman–Crippen LogP) is 14.4. The van der Waals surface area contributed by atoms with Crippen LogP contribution in [0.25, 0.3) is 114 Å². The molecule has 9 aromatic carbocycles. The van der Waals surface area contributed by atoms with Crippen LogP contribution in [0.15, 0.2) is 188 Å². The second-order valence-electron chi connectivity index (χ2n) is 14.5. The van der Waals surface area contributed by atoms with Gasteiger partial charge in [-0.2, -0.15) is 0 Å². The van der Waals surface area contributed by atoms with Gasteiger partial charge in [-0.1, -0.05) is 158 Å². The van der Waals surface area contributed by atoms with Gasteiger partial charge in [0.05, 0.1) is 33.5 Å². The zero-order chi connectivity index (χ0) is 36.7. The number of thiophene rings is 1. The Hall–Kier alpha value is -7.14. The largest absolute Gasteiger partial charge is 0.309 e. The molecule has 12 rings (SSSR count). The SMILES string of the molecule is c1ccc(-c2nc3ccc4ccccc4c3nc2-c2ccc(-n3c4ccccc4c4ccc(-c5cccc6c5sc5c7ccccc7ccc65)cc43)cc2)cc1. The summed E-state index contributed by atoms with van der Waals surface area (Å²) in [7, 11) is 0. The van der Waals surface area contributed by atoms with E-state index in [1.807, 2.05) is 17.4 Å². The topological polar surface area (TPSA) is 30.7 Å². The van der Waals surface area contributed by atoms with Gasteiger partial charge in [0.15, 0.2) is 0 Å². The highest BCUT2D eigenvalue weighted by atomic mass is 32.1. The van der Waals surface area contributed by atoms with E-state index in [1.54, 1.807) is 0 Å². The zero-order valence-electron chi connectivity index (χ0n) is 30.1. The predicted molar refractivity (Wildman–Crippen MR) is 238 cm³/mol. The lowest BCUT2D eigenvalue weighted by Gasteiger charge is -2.13. The van der Waals surface area contributed by atoms with Crippen LogP contribution < -0.4 is 0 Å². The van der Waals surface area contributed by atoms with Gasteiger partial charge in [-0.05, 0) is 57.6 Å². The first-order valence-electron chi connectivity index (χ1n) is 19.0. The minimum Gasteiger partial charge on any atom is -0.309 e. The smallest absolute Gasteiger partial charge is 0.0973 e. The molecule has 0 atom stereocenters. The van der Waals surface area contributed by atoms with Crippen LogP contribution in [0, 0.1) is 0 Å². The quantitative estimate of drug-likeness (QED) is 0.169. The van der Waals surface area contributed by atoms with Crippen molar-refractivity contribution in [1.82, 2.24) is 14.5 Å². The van der Waals surface area contributed by atoms with Gasteiger partial charge in [0, 0.05) is 53.1 Å². The lowest BCUT2D eigenvalue weighted by molar-refractivity contribution is 1.18. The van der Waals surface area contributed by atoms with Crippen LogP contribution in [0.4, 0.5) is 0 Å². The molecule has 0 aliphatic rings.